The summed E-state index contributed by atoms with van der Waals surface area (Å²) >= 11 is 0. The van der Waals surface area contributed by atoms with Crippen LogP contribution < -0.4 is 5.32 Å². The third-order valence-electron chi connectivity index (χ3n) is 4.96. The van der Waals surface area contributed by atoms with Crippen molar-refractivity contribution in [3.8, 4) is 0 Å². The molecule has 0 atom stereocenters. The van der Waals surface area contributed by atoms with E-state index >= 15 is 0 Å². The Kier molecular flexibility index (Phi) is 9.32. The van der Waals surface area contributed by atoms with Gasteiger partial charge in [0, 0.05) is 58.4 Å². The fraction of sp³-hybridized carbons (Fsp3) is 0.722. The Balaban J connectivity index is 0.00000261. The monoisotopic (exact) mass is 490 g/mol. The molecule has 2 fully saturated rings. The number of nitrogens with one attached hydrogen (secondary N) is 1. The van der Waals surface area contributed by atoms with E-state index in [4.69, 9.17) is 4.52 Å². The van der Waals surface area contributed by atoms with E-state index in [-0.39, 0.29) is 36.4 Å². The number of guanidine groups is 1. The van der Waals surface area contributed by atoms with Crippen LogP contribution in [0.1, 0.15) is 31.9 Å². The number of aliphatic imine (C=N–C) groups is 1. The van der Waals surface area contributed by atoms with Crippen molar-refractivity contribution in [2.75, 3.05) is 52.4 Å². The minimum absolute atomic E-state index is 0. The van der Waals surface area contributed by atoms with Crippen molar-refractivity contribution >= 4 is 35.8 Å². The SMILES string of the molecule is CCNC(=NCC(=O)N1CCCCC1)N1CCN(Cc2ccon2)CC1.I. The Morgan fingerprint density at radius 2 is 1.89 bits per heavy atom. The number of piperazine rings is 1. The molecule has 1 amide bonds. The van der Waals surface area contributed by atoms with Crippen molar-refractivity contribution in [2.24, 2.45) is 4.99 Å². The molecule has 1 aromatic heterocycles. The molecule has 3 rings (SSSR count). The zero-order valence-electron chi connectivity index (χ0n) is 16.1. The lowest BCUT2D eigenvalue weighted by Crippen LogP contribution is -2.52. The molecule has 0 bridgehead atoms. The molecule has 2 aliphatic rings. The summed E-state index contributed by atoms with van der Waals surface area (Å²) in [4.78, 5) is 23.5. The number of likely N-dealkylation sites (tertiary alicyclic amines) is 1. The lowest BCUT2D eigenvalue weighted by atomic mass is 10.1. The van der Waals surface area contributed by atoms with Crippen molar-refractivity contribution in [1.82, 2.24) is 25.2 Å². The predicted octanol–water partition coefficient (Wildman–Crippen LogP) is 1.39. The maximum absolute atomic E-state index is 12.4. The second-order valence-electron chi connectivity index (χ2n) is 6.87. The van der Waals surface area contributed by atoms with E-state index in [9.17, 15) is 4.79 Å². The molecule has 0 spiro atoms. The molecule has 2 saturated heterocycles. The van der Waals surface area contributed by atoms with Crippen LogP contribution in [0.15, 0.2) is 21.8 Å². The van der Waals surface area contributed by atoms with Crippen LogP contribution >= 0.6 is 24.0 Å². The molecule has 1 N–H and O–H groups in total. The fourth-order valence-corrected chi connectivity index (χ4v) is 3.48. The smallest absolute Gasteiger partial charge is 0.244 e. The van der Waals surface area contributed by atoms with E-state index in [2.05, 4.69) is 32.2 Å². The first-order valence-corrected chi connectivity index (χ1v) is 9.69. The van der Waals surface area contributed by atoms with E-state index in [1.165, 1.54) is 6.42 Å². The summed E-state index contributed by atoms with van der Waals surface area (Å²) in [6.07, 6.45) is 5.07. The molecule has 8 nitrogen and oxygen atoms in total. The summed E-state index contributed by atoms with van der Waals surface area (Å²) in [5.74, 6) is 0.990. The Labute approximate surface area is 178 Å². The van der Waals surface area contributed by atoms with Crippen molar-refractivity contribution in [2.45, 2.75) is 32.7 Å². The summed E-state index contributed by atoms with van der Waals surface area (Å²) in [7, 11) is 0. The highest BCUT2D eigenvalue weighted by molar-refractivity contribution is 14.0. The molecule has 1 aromatic rings. The van der Waals surface area contributed by atoms with Gasteiger partial charge in [-0.25, -0.2) is 4.99 Å². The summed E-state index contributed by atoms with van der Waals surface area (Å²) in [6, 6.07) is 1.91. The molecule has 0 unspecified atom stereocenters. The van der Waals surface area contributed by atoms with Gasteiger partial charge in [-0.2, -0.15) is 0 Å². The van der Waals surface area contributed by atoms with Gasteiger partial charge < -0.3 is 19.6 Å². The van der Waals surface area contributed by atoms with Crippen LogP contribution in [0.5, 0.6) is 0 Å². The van der Waals surface area contributed by atoms with Gasteiger partial charge in [0.05, 0.1) is 5.69 Å². The molecule has 9 heteroatoms. The highest BCUT2D eigenvalue weighted by atomic mass is 127. The van der Waals surface area contributed by atoms with Gasteiger partial charge in [0.25, 0.3) is 0 Å². The van der Waals surface area contributed by atoms with Crippen LogP contribution in [0, 0.1) is 0 Å². The largest absolute Gasteiger partial charge is 0.364 e. The number of amides is 1. The number of rotatable bonds is 5. The minimum atomic E-state index is 0. The number of hydrogen-bond acceptors (Lipinski definition) is 5. The summed E-state index contributed by atoms with van der Waals surface area (Å²) in [5, 5.41) is 7.31. The van der Waals surface area contributed by atoms with E-state index < -0.39 is 0 Å². The first kappa shape index (κ1) is 21.9. The molecule has 0 saturated carbocycles. The molecule has 2 aliphatic heterocycles. The van der Waals surface area contributed by atoms with Crippen LogP contribution in [0.4, 0.5) is 0 Å². The average molecular weight is 490 g/mol. The molecular formula is C18H31IN6O2. The standard InChI is InChI=1S/C18H30N6O2.HI/c1-2-19-18(20-14-17(25)23-7-4-3-5-8-23)24-11-9-22(10-12-24)15-16-6-13-26-21-16;/h6,13H,2-5,7-12,14-15H2,1H3,(H,19,20);1H. The minimum Gasteiger partial charge on any atom is -0.364 e. The lowest BCUT2D eigenvalue weighted by Gasteiger charge is -2.36. The second-order valence-corrected chi connectivity index (χ2v) is 6.87. The maximum atomic E-state index is 12.4. The highest BCUT2D eigenvalue weighted by Gasteiger charge is 2.21. The molecule has 152 valence electrons. The van der Waals surface area contributed by atoms with Crippen LogP contribution in [0.2, 0.25) is 0 Å². The van der Waals surface area contributed by atoms with Gasteiger partial charge in [0.15, 0.2) is 5.96 Å². The van der Waals surface area contributed by atoms with Gasteiger partial charge in [-0.3, -0.25) is 9.69 Å². The number of halogens is 1. The third kappa shape index (κ3) is 6.63. The highest BCUT2D eigenvalue weighted by Crippen LogP contribution is 2.10. The summed E-state index contributed by atoms with van der Waals surface area (Å²) < 4.78 is 4.90. The molecule has 27 heavy (non-hydrogen) atoms. The number of aromatic nitrogens is 1. The number of hydrogen-bond donors (Lipinski definition) is 1. The number of piperidine rings is 1. The van der Waals surface area contributed by atoms with Crippen molar-refractivity contribution in [1.29, 1.82) is 0 Å². The van der Waals surface area contributed by atoms with Gasteiger partial charge in [-0.1, -0.05) is 5.16 Å². The average Bonchev–Trinajstić information content (AvgIpc) is 3.19. The quantitative estimate of drug-likeness (QED) is 0.382. The first-order chi connectivity index (χ1) is 12.8. The van der Waals surface area contributed by atoms with Crippen LogP contribution in [-0.4, -0.2) is 84.1 Å². The molecule has 3 heterocycles. The zero-order valence-corrected chi connectivity index (χ0v) is 18.4. The first-order valence-electron chi connectivity index (χ1n) is 9.69. The molecular weight excluding hydrogens is 459 g/mol. The van der Waals surface area contributed by atoms with Gasteiger partial charge in [0.2, 0.25) is 5.91 Å². The van der Waals surface area contributed by atoms with Crippen molar-refractivity contribution in [3.63, 3.8) is 0 Å². The Hall–Kier alpha value is -1.36. The normalized spacial score (nSPS) is 18.9. The Morgan fingerprint density at radius 1 is 1.15 bits per heavy atom. The third-order valence-corrected chi connectivity index (χ3v) is 4.96. The number of carbonyl (C=O) groups excluding carboxylic acids is 1. The Morgan fingerprint density at radius 3 is 2.52 bits per heavy atom. The topological polar surface area (TPSA) is 77.2 Å². The van der Waals surface area contributed by atoms with Gasteiger partial charge >= 0.3 is 0 Å². The number of carbonyl (C=O) groups is 1. The maximum Gasteiger partial charge on any atom is 0.244 e. The van der Waals surface area contributed by atoms with Crippen molar-refractivity contribution in [3.05, 3.63) is 18.0 Å². The zero-order chi connectivity index (χ0) is 18.2. The molecule has 0 radical (unpaired) electrons. The number of nitrogens with zero attached hydrogens (tertiary/aromatic N) is 5. The summed E-state index contributed by atoms with van der Waals surface area (Å²) in [5.41, 5.74) is 0.964. The molecule has 0 aliphatic carbocycles. The van der Waals surface area contributed by atoms with E-state index in [1.54, 1.807) is 6.26 Å². The van der Waals surface area contributed by atoms with E-state index in [0.29, 0.717) is 0 Å². The Bertz CT molecular complexity index is 581. The van der Waals surface area contributed by atoms with Gasteiger partial charge in [0.1, 0.15) is 12.8 Å². The van der Waals surface area contributed by atoms with Crippen LogP contribution in [0.25, 0.3) is 0 Å². The second kappa shape index (κ2) is 11.5. The fourth-order valence-electron chi connectivity index (χ4n) is 3.48. The van der Waals surface area contributed by atoms with Crippen LogP contribution in [-0.2, 0) is 11.3 Å². The van der Waals surface area contributed by atoms with Gasteiger partial charge in [-0.05, 0) is 26.2 Å². The van der Waals surface area contributed by atoms with Gasteiger partial charge in [-0.15, -0.1) is 24.0 Å². The summed E-state index contributed by atoms with van der Waals surface area (Å²) in [6.45, 7) is 9.33. The van der Waals surface area contributed by atoms with E-state index in [0.717, 1.165) is 76.9 Å². The predicted molar refractivity (Wildman–Crippen MR) is 115 cm³/mol. The van der Waals surface area contributed by atoms with Crippen LogP contribution in [0.3, 0.4) is 0 Å². The lowest BCUT2D eigenvalue weighted by molar-refractivity contribution is -0.130. The van der Waals surface area contributed by atoms with Crippen molar-refractivity contribution < 1.29 is 9.32 Å². The molecule has 0 aromatic carbocycles. The van der Waals surface area contributed by atoms with E-state index in [1.807, 2.05) is 11.0 Å².